The Morgan fingerprint density at radius 1 is 1.09 bits per heavy atom. The summed E-state index contributed by atoms with van der Waals surface area (Å²) in [6.45, 7) is 1.58. The van der Waals surface area contributed by atoms with Gasteiger partial charge in [-0.15, -0.1) is 0 Å². The molecule has 2 N–H and O–H groups in total. The molecule has 2 aromatic heterocycles. The second-order valence-electron chi connectivity index (χ2n) is 8.89. The molecule has 3 aliphatic rings. The van der Waals surface area contributed by atoms with Crippen molar-refractivity contribution in [2.45, 2.75) is 24.4 Å². The molecule has 3 saturated heterocycles. The number of sulfone groups is 1. The number of rotatable bonds is 4. The van der Waals surface area contributed by atoms with E-state index in [4.69, 9.17) is 30.8 Å². The van der Waals surface area contributed by atoms with E-state index in [0.717, 1.165) is 16.8 Å². The summed E-state index contributed by atoms with van der Waals surface area (Å²) < 4.78 is 40.7. The van der Waals surface area contributed by atoms with Crippen LogP contribution in [0, 0.1) is 0 Å². The molecule has 9 nitrogen and oxygen atoms in total. The highest BCUT2D eigenvalue weighted by Gasteiger charge is 2.48. The monoisotopic (exact) mass is 505 g/mol. The Morgan fingerprint density at radius 2 is 1.82 bits per heavy atom. The van der Waals surface area contributed by atoms with E-state index < -0.39 is 15.9 Å². The van der Waals surface area contributed by atoms with E-state index in [2.05, 4.69) is 9.88 Å². The first-order valence-corrected chi connectivity index (χ1v) is 13.4. The van der Waals surface area contributed by atoms with Crippen molar-refractivity contribution in [2.75, 3.05) is 42.7 Å². The molecule has 3 fully saturated rings. The minimum Gasteiger partial charge on any atom is -0.470 e. The second kappa shape index (κ2) is 8.39. The number of aromatic nitrogens is 2. The number of anilines is 1. The minimum atomic E-state index is -2.92. The van der Waals surface area contributed by atoms with Gasteiger partial charge < -0.3 is 29.2 Å². The molecule has 1 unspecified atom stereocenters. The van der Waals surface area contributed by atoms with Gasteiger partial charge in [-0.3, -0.25) is 0 Å². The number of aliphatic hydroxyl groups is 1. The zero-order valence-corrected chi connectivity index (χ0v) is 19.8. The van der Waals surface area contributed by atoms with E-state index in [-0.39, 0.29) is 36.4 Å². The minimum absolute atomic E-state index is 0.178. The van der Waals surface area contributed by atoms with Crippen LogP contribution in [0.1, 0.15) is 0 Å². The molecule has 11 heteroatoms. The lowest BCUT2D eigenvalue weighted by atomic mass is 10.1. The largest absolute Gasteiger partial charge is 0.470 e. The van der Waals surface area contributed by atoms with Crippen molar-refractivity contribution in [3.05, 3.63) is 41.4 Å². The van der Waals surface area contributed by atoms with E-state index in [9.17, 15) is 13.5 Å². The fourth-order valence-electron chi connectivity index (χ4n) is 4.78. The van der Waals surface area contributed by atoms with Crippen LogP contribution in [-0.2, 0) is 19.3 Å². The molecule has 0 bridgehead atoms. The van der Waals surface area contributed by atoms with Crippen molar-refractivity contribution in [1.29, 1.82) is 0 Å². The number of benzene rings is 1. The van der Waals surface area contributed by atoms with Gasteiger partial charge in [-0.2, -0.15) is 0 Å². The zero-order valence-electron chi connectivity index (χ0n) is 18.2. The summed E-state index contributed by atoms with van der Waals surface area (Å²) >= 11 is 6.56. The number of nitrogens with one attached hydrogen (secondary N) is 1. The van der Waals surface area contributed by atoms with Crippen molar-refractivity contribution in [3.63, 3.8) is 0 Å². The smallest absolute Gasteiger partial charge is 0.193 e. The van der Waals surface area contributed by atoms with Gasteiger partial charge in [0.05, 0.1) is 46.5 Å². The van der Waals surface area contributed by atoms with Crippen molar-refractivity contribution in [1.82, 2.24) is 9.97 Å². The van der Waals surface area contributed by atoms with Gasteiger partial charge in [0.2, 0.25) is 0 Å². The number of halogens is 1. The van der Waals surface area contributed by atoms with Crippen LogP contribution in [0.25, 0.3) is 22.3 Å². The summed E-state index contributed by atoms with van der Waals surface area (Å²) in [5, 5.41) is 10.4. The number of H-pyrrole nitrogens is 1. The van der Waals surface area contributed by atoms with Crippen LogP contribution in [-0.4, -0.2) is 85.7 Å². The summed E-state index contributed by atoms with van der Waals surface area (Å²) in [6, 6.07) is 11.5. The van der Waals surface area contributed by atoms with E-state index in [1.54, 1.807) is 0 Å². The van der Waals surface area contributed by atoms with Crippen LogP contribution >= 0.6 is 11.6 Å². The van der Waals surface area contributed by atoms with E-state index >= 15 is 0 Å². The molecule has 1 aromatic carbocycles. The quantitative estimate of drug-likeness (QED) is 0.553. The number of aliphatic hydroxyl groups excluding tert-OH is 1. The summed E-state index contributed by atoms with van der Waals surface area (Å²) in [5.74, 6) is 0.889. The number of hydrogen-bond donors (Lipinski definition) is 2. The van der Waals surface area contributed by atoms with Crippen LogP contribution < -0.4 is 9.64 Å². The molecule has 0 radical (unpaired) electrons. The van der Waals surface area contributed by atoms with Crippen molar-refractivity contribution >= 4 is 38.2 Å². The van der Waals surface area contributed by atoms with Gasteiger partial charge >= 0.3 is 0 Å². The molecule has 180 valence electrons. The molecule has 0 spiro atoms. The Kier molecular flexibility index (Phi) is 5.45. The molecule has 4 atom stereocenters. The second-order valence-corrected chi connectivity index (χ2v) is 11.6. The van der Waals surface area contributed by atoms with Gasteiger partial charge in [-0.25, -0.2) is 13.4 Å². The Hall–Kier alpha value is -2.37. The van der Waals surface area contributed by atoms with E-state index in [0.29, 0.717) is 41.8 Å². The normalized spacial score (nSPS) is 28.4. The van der Waals surface area contributed by atoms with E-state index in [1.807, 2.05) is 36.4 Å². The molecule has 3 aliphatic heterocycles. The summed E-state index contributed by atoms with van der Waals surface area (Å²) in [7, 11) is -2.92. The van der Waals surface area contributed by atoms with Crippen molar-refractivity contribution in [3.8, 4) is 17.1 Å². The van der Waals surface area contributed by atoms with Gasteiger partial charge in [-0.05, 0) is 18.2 Å². The number of aromatic amines is 1. The third-order valence-corrected chi connectivity index (χ3v) is 8.54. The van der Waals surface area contributed by atoms with Crippen molar-refractivity contribution < 1.29 is 27.7 Å². The molecular weight excluding hydrogens is 482 g/mol. The van der Waals surface area contributed by atoms with Crippen molar-refractivity contribution in [2.24, 2.45) is 0 Å². The topological polar surface area (TPSA) is 114 Å². The molecule has 3 aromatic rings. The predicted molar refractivity (Wildman–Crippen MR) is 127 cm³/mol. The lowest BCUT2D eigenvalue weighted by Gasteiger charge is -2.28. The highest BCUT2D eigenvalue weighted by atomic mass is 35.5. The predicted octanol–water partition coefficient (Wildman–Crippen LogP) is 2.02. The van der Waals surface area contributed by atoms with Gasteiger partial charge in [0.15, 0.2) is 21.8 Å². The Morgan fingerprint density at radius 3 is 2.59 bits per heavy atom. The van der Waals surface area contributed by atoms with Crippen LogP contribution in [0.15, 0.2) is 36.4 Å². The number of nitrogens with zero attached hydrogens (tertiary/aromatic N) is 2. The maximum Gasteiger partial charge on any atom is 0.193 e. The average Bonchev–Trinajstić information content (AvgIpc) is 3.50. The maximum atomic E-state index is 11.7. The molecule has 34 heavy (non-hydrogen) atoms. The van der Waals surface area contributed by atoms with Crippen LogP contribution in [0.5, 0.6) is 5.88 Å². The molecule has 5 heterocycles. The number of ether oxygens (including phenoxy) is 3. The molecule has 0 aliphatic carbocycles. The summed E-state index contributed by atoms with van der Waals surface area (Å²) in [6.07, 6.45) is -1.60. The van der Waals surface area contributed by atoms with Crippen LogP contribution in [0.4, 0.5) is 5.69 Å². The van der Waals surface area contributed by atoms with Gasteiger partial charge in [0, 0.05) is 30.4 Å². The molecule has 0 amide bonds. The van der Waals surface area contributed by atoms with Gasteiger partial charge in [0.1, 0.15) is 18.3 Å². The fraction of sp³-hybridized carbons (Fsp3) is 0.435. The highest BCUT2D eigenvalue weighted by Crippen LogP contribution is 2.34. The van der Waals surface area contributed by atoms with Crippen LogP contribution in [0.2, 0.25) is 5.02 Å². The third-order valence-electron chi connectivity index (χ3n) is 6.64. The zero-order chi connectivity index (χ0) is 23.4. The summed E-state index contributed by atoms with van der Waals surface area (Å²) in [5.41, 5.74) is 3.95. The van der Waals surface area contributed by atoms with E-state index in [1.165, 1.54) is 0 Å². The standard InChI is InChI=1S/C23H24ClN3O6S/c24-15-9-16-17(10-20(25-16)33-19-12-32-22-18(28)11-31-23(19)22)26-21(15)13-1-3-14(4-2-13)27-5-7-34(29,30)8-6-27/h1-4,9-10,18-19,22-23,25,28H,5-8,11-12H2/t18-,19-,22?,23-/m1/s1. The number of hydrogen-bond acceptors (Lipinski definition) is 8. The first-order valence-electron chi connectivity index (χ1n) is 11.2. The van der Waals surface area contributed by atoms with Gasteiger partial charge in [-0.1, -0.05) is 23.7 Å². The highest BCUT2D eigenvalue weighted by molar-refractivity contribution is 7.91. The Balaban J connectivity index is 1.21. The summed E-state index contributed by atoms with van der Waals surface area (Å²) in [4.78, 5) is 10.0. The SMILES string of the molecule is O=S1(=O)CCN(c2ccc(-c3nc4cc(O[C@@H]5COC6[C@H](O)CO[C@@H]65)[nH]c4cc3Cl)cc2)CC1. The first-order chi connectivity index (χ1) is 16.4. The lowest BCUT2D eigenvalue weighted by molar-refractivity contribution is 0.00794. The first kappa shape index (κ1) is 22.1. The number of pyridine rings is 1. The molecular formula is C23H24ClN3O6S. The average molecular weight is 506 g/mol. The lowest BCUT2D eigenvalue weighted by Crippen LogP contribution is -2.40. The Bertz CT molecular complexity index is 1310. The molecule has 0 saturated carbocycles. The Labute approximate surface area is 201 Å². The van der Waals surface area contributed by atoms with Crippen LogP contribution in [0.3, 0.4) is 0 Å². The fourth-order valence-corrected chi connectivity index (χ4v) is 6.24. The maximum absolute atomic E-state index is 11.7. The number of fused-ring (bicyclic) bond motifs is 2. The molecule has 6 rings (SSSR count). The van der Waals surface area contributed by atoms with Gasteiger partial charge in [0.25, 0.3) is 0 Å². The third kappa shape index (κ3) is 4.03.